The second-order valence-electron chi connectivity index (χ2n) is 6.05. The second kappa shape index (κ2) is 9.64. The summed E-state index contributed by atoms with van der Waals surface area (Å²) in [5.74, 6) is 0. The summed E-state index contributed by atoms with van der Waals surface area (Å²) in [6.45, 7) is 8.90. The van der Waals surface area contributed by atoms with Crippen molar-refractivity contribution in [2.45, 2.75) is 33.2 Å². The molecule has 132 valence electrons. The minimum Gasteiger partial charge on any atom is -0.331 e. The molecule has 1 heterocycles. The van der Waals surface area contributed by atoms with Crippen molar-refractivity contribution < 1.29 is 9.63 Å². The lowest BCUT2D eigenvalue weighted by molar-refractivity contribution is -0.105. The number of rotatable bonds is 7. The second-order valence-corrected chi connectivity index (χ2v) is 6.05. The Morgan fingerprint density at radius 2 is 2.09 bits per heavy atom. The van der Waals surface area contributed by atoms with Crippen LogP contribution in [0.2, 0.25) is 0 Å². The number of nitrogens with zero attached hydrogens (tertiary/aromatic N) is 3. The Morgan fingerprint density at radius 1 is 1.39 bits per heavy atom. The van der Waals surface area contributed by atoms with Crippen molar-refractivity contribution >= 4 is 11.7 Å². The summed E-state index contributed by atoms with van der Waals surface area (Å²) >= 11 is 0. The van der Waals surface area contributed by atoms with Crippen LogP contribution in [0.3, 0.4) is 0 Å². The summed E-state index contributed by atoms with van der Waals surface area (Å²) in [6.07, 6.45) is 0.859. The summed E-state index contributed by atoms with van der Waals surface area (Å²) in [5.41, 5.74) is 2.85. The van der Waals surface area contributed by atoms with Gasteiger partial charge in [0.25, 0.3) is 0 Å². The molecule has 1 atom stereocenters. The lowest BCUT2D eigenvalue weighted by Gasteiger charge is -2.16. The molecular weight excluding hydrogens is 294 g/mol. The third kappa shape index (κ3) is 6.68. The van der Waals surface area contributed by atoms with Gasteiger partial charge in [0.1, 0.15) is 0 Å². The highest BCUT2D eigenvalue weighted by molar-refractivity contribution is 6.00. The van der Waals surface area contributed by atoms with Gasteiger partial charge in [0.2, 0.25) is 0 Å². The Hall–Kier alpha value is -1.44. The van der Waals surface area contributed by atoms with Crippen molar-refractivity contribution in [3.8, 4) is 0 Å². The molecule has 1 aliphatic heterocycles. The molecule has 7 nitrogen and oxygen atoms in total. The van der Waals surface area contributed by atoms with Gasteiger partial charge < -0.3 is 15.5 Å². The van der Waals surface area contributed by atoms with Gasteiger partial charge in [0.15, 0.2) is 0 Å². The lowest BCUT2D eigenvalue weighted by Crippen LogP contribution is -2.44. The fraction of sp³-hybridized carbons (Fsp3) is 0.750. The van der Waals surface area contributed by atoms with Gasteiger partial charge >= 0.3 is 6.03 Å². The van der Waals surface area contributed by atoms with Gasteiger partial charge in [-0.3, -0.25) is 9.83 Å². The van der Waals surface area contributed by atoms with Crippen LogP contribution >= 0.6 is 0 Å². The van der Waals surface area contributed by atoms with Crippen LogP contribution in [0.25, 0.3) is 0 Å². The first kappa shape index (κ1) is 19.6. The van der Waals surface area contributed by atoms with Crippen molar-refractivity contribution in [2.75, 3.05) is 47.4 Å². The van der Waals surface area contributed by atoms with Gasteiger partial charge in [-0.2, -0.15) is 5.06 Å². The number of hydrogen-bond acceptors (Lipinski definition) is 5. The van der Waals surface area contributed by atoms with Crippen LogP contribution in [0.4, 0.5) is 4.79 Å². The Balaban J connectivity index is 2.54. The summed E-state index contributed by atoms with van der Waals surface area (Å²) in [6, 6.07) is -0.174. The van der Waals surface area contributed by atoms with E-state index in [1.54, 1.807) is 7.05 Å². The summed E-state index contributed by atoms with van der Waals surface area (Å²) in [7, 11) is 5.86. The van der Waals surface area contributed by atoms with Gasteiger partial charge in [-0.25, -0.2) is 4.79 Å². The molecule has 2 N–H and O–H groups in total. The largest absolute Gasteiger partial charge is 0.331 e. The van der Waals surface area contributed by atoms with Gasteiger partial charge in [-0.1, -0.05) is 6.92 Å². The number of hydroxylamine groups is 2. The Kier molecular flexibility index (Phi) is 8.22. The molecular formula is C16H31N5O2. The van der Waals surface area contributed by atoms with E-state index in [4.69, 9.17) is 4.84 Å². The number of allylic oxidation sites excluding steroid dienone is 2. The molecule has 0 spiro atoms. The fourth-order valence-corrected chi connectivity index (χ4v) is 2.35. The van der Waals surface area contributed by atoms with Crippen molar-refractivity contribution in [1.29, 1.82) is 0 Å². The maximum absolute atomic E-state index is 12.1. The molecule has 0 aromatic heterocycles. The average molecular weight is 325 g/mol. The van der Waals surface area contributed by atoms with E-state index in [0.29, 0.717) is 6.61 Å². The number of amides is 2. The minimum absolute atomic E-state index is 0.0242. The number of hydrogen-bond donors (Lipinski definition) is 2. The number of likely N-dealkylation sites (N-methyl/N-ethyl adjacent to an activating group) is 1. The highest BCUT2D eigenvalue weighted by atomic mass is 16.7. The molecule has 1 rings (SSSR count). The number of aliphatic imine (C=N–C) groups is 1. The maximum atomic E-state index is 12.1. The molecule has 0 aromatic rings. The zero-order chi connectivity index (χ0) is 17.4. The first-order valence-corrected chi connectivity index (χ1v) is 8.11. The first-order chi connectivity index (χ1) is 10.9. The fourth-order valence-electron chi connectivity index (χ4n) is 2.35. The van der Waals surface area contributed by atoms with Crippen LogP contribution < -0.4 is 10.6 Å². The highest BCUT2D eigenvalue weighted by Gasteiger charge is 2.23. The van der Waals surface area contributed by atoms with Crippen LogP contribution in [0.1, 0.15) is 27.2 Å². The quantitative estimate of drug-likeness (QED) is 0.691. The average Bonchev–Trinajstić information content (AvgIpc) is 2.94. The molecule has 1 fully saturated rings. The van der Waals surface area contributed by atoms with E-state index in [0.717, 1.165) is 43.0 Å². The molecule has 7 heteroatoms. The van der Waals surface area contributed by atoms with Crippen LogP contribution in [0.15, 0.2) is 16.3 Å². The van der Waals surface area contributed by atoms with Crippen molar-refractivity contribution in [1.82, 2.24) is 20.6 Å². The predicted molar refractivity (Wildman–Crippen MR) is 93.6 cm³/mol. The van der Waals surface area contributed by atoms with E-state index < -0.39 is 0 Å². The summed E-state index contributed by atoms with van der Waals surface area (Å²) < 4.78 is 0. The molecule has 1 saturated heterocycles. The number of carbonyl (C=O) groups is 1. The van der Waals surface area contributed by atoms with Crippen molar-refractivity contribution in [2.24, 2.45) is 4.99 Å². The normalized spacial score (nSPS) is 20.7. The zero-order valence-corrected chi connectivity index (χ0v) is 15.3. The third-order valence-electron chi connectivity index (χ3n) is 3.93. The van der Waals surface area contributed by atoms with Crippen LogP contribution in [0.5, 0.6) is 0 Å². The van der Waals surface area contributed by atoms with E-state index in [1.165, 1.54) is 0 Å². The monoisotopic (exact) mass is 325 g/mol. The smallest absolute Gasteiger partial charge is 0.319 e. The predicted octanol–water partition coefficient (Wildman–Crippen LogP) is 1.24. The lowest BCUT2D eigenvalue weighted by atomic mass is 10.1. The molecule has 1 aliphatic rings. The standard InChI is InChI=1S/C16H31N5O2/c1-7-21-10-14(11-23-21)19-16(22)18-13(3)12(2)15(17-4)8-9-20(5)6/h14H,7-11H2,1-6H3,(H2,18,19,22)/b13-12+,17-15?/t14-/m1/s1. The van der Waals surface area contributed by atoms with E-state index >= 15 is 0 Å². The zero-order valence-electron chi connectivity index (χ0n) is 15.3. The first-order valence-electron chi connectivity index (χ1n) is 8.11. The molecule has 0 aromatic carbocycles. The number of carbonyl (C=O) groups excluding carboxylic acids is 1. The molecule has 0 bridgehead atoms. The highest BCUT2D eigenvalue weighted by Crippen LogP contribution is 2.08. The van der Waals surface area contributed by atoms with E-state index in [2.05, 4.69) is 20.5 Å². The van der Waals surface area contributed by atoms with Crippen LogP contribution in [-0.4, -0.2) is 75.1 Å². The number of nitrogens with one attached hydrogen (secondary N) is 2. The molecule has 0 aliphatic carbocycles. The van der Waals surface area contributed by atoms with Crippen molar-refractivity contribution in [3.05, 3.63) is 11.3 Å². The Morgan fingerprint density at radius 3 is 2.61 bits per heavy atom. The molecule has 2 amide bonds. The third-order valence-corrected chi connectivity index (χ3v) is 3.93. The van der Waals surface area contributed by atoms with Gasteiger partial charge in [-0.05, 0) is 33.5 Å². The summed E-state index contributed by atoms with van der Waals surface area (Å²) in [5, 5.41) is 7.69. The number of urea groups is 1. The van der Waals surface area contributed by atoms with E-state index in [1.807, 2.05) is 39.9 Å². The SMILES string of the molecule is CCN1C[C@@H](NC(=O)N/C(C)=C(\C)C(CCN(C)C)=NC)CO1. The van der Waals surface area contributed by atoms with E-state index in [9.17, 15) is 4.79 Å². The van der Waals surface area contributed by atoms with Gasteiger partial charge in [0, 0.05) is 44.5 Å². The van der Waals surface area contributed by atoms with Crippen LogP contribution in [0, 0.1) is 0 Å². The minimum atomic E-state index is -0.198. The molecule has 0 saturated carbocycles. The topological polar surface area (TPSA) is 69.2 Å². The molecule has 0 radical (unpaired) electrons. The Bertz CT molecular complexity index is 459. The summed E-state index contributed by atoms with van der Waals surface area (Å²) in [4.78, 5) is 24.0. The molecule has 0 unspecified atom stereocenters. The van der Waals surface area contributed by atoms with Gasteiger partial charge in [-0.15, -0.1) is 0 Å². The Labute approximate surface area is 139 Å². The van der Waals surface area contributed by atoms with Gasteiger partial charge in [0.05, 0.1) is 12.6 Å². The van der Waals surface area contributed by atoms with Crippen molar-refractivity contribution in [3.63, 3.8) is 0 Å². The van der Waals surface area contributed by atoms with Crippen LogP contribution in [-0.2, 0) is 4.84 Å². The van der Waals surface area contributed by atoms with E-state index in [-0.39, 0.29) is 12.1 Å². The molecule has 23 heavy (non-hydrogen) atoms. The maximum Gasteiger partial charge on any atom is 0.319 e.